The molecule has 0 amide bonds. The monoisotopic (exact) mass is 303 g/mol. The van der Waals surface area contributed by atoms with Gasteiger partial charge in [0.15, 0.2) is 5.96 Å². The van der Waals surface area contributed by atoms with Crippen molar-refractivity contribution in [3.05, 3.63) is 27.7 Å². The number of aliphatic imine (C=N–C) groups is 1. The van der Waals surface area contributed by atoms with Gasteiger partial charge < -0.3 is 16.4 Å². The highest BCUT2D eigenvalue weighted by molar-refractivity contribution is 9.10. The molecule has 0 saturated carbocycles. The standard InChI is InChI=1S/C9H11BrClN5/c1-16(9(14)15-8(12)13)7-5(10)3-2-4-6(7)11/h2-4H,1H3,(H5,12,13,14,15). The number of anilines is 1. The van der Waals surface area contributed by atoms with Gasteiger partial charge in [-0.15, -0.1) is 0 Å². The van der Waals surface area contributed by atoms with E-state index in [2.05, 4.69) is 20.9 Å². The van der Waals surface area contributed by atoms with Gasteiger partial charge in [-0.2, -0.15) is 4.99 Å². The van der Waals surface area contributed by atoms with Gasteiger partial charge in [0.2, 0.25) is 5.96 Å². The van der Waals surface area contributed by atoms with Crippen LogP contribution in [0.2, 0.25) is 5.02 Å². The maximum atomic E-state index is 7.65. The number of halogens is 2. The summed E-state index contributed by atoms with van der Waals surface area (Å²) in [6.07, 6.45) is 0. The Hall–Kier alpha value is -1.27. The molecule has 86 valence electrons. The lowest BCUT2D eigenvalue weighted by Crippen LogP contribution is -2.30. The Morgan fingerprint density at radius 2 is 2.12 bits per heavy atom. The van der Waals surface area contributed by atoms with Crippen LogP contribution in [0.15, 0.2) is 27.7 Å². The predicted octanol–water partition coefficient (Wildman–Crippen LogP) is 1.75. The Balaban J connectivity index is 3.10. The maximum absolute atomic E-state index is 7.65. The molecule has 1 aromatic rings. The van der Waals surface area contributed by atoms with Crippen molar-refractivity contribution in [1.29, 1.82) is 5.41 Å². The van der Waals surface area contributed by atoms with Crippen molar-refractivity contribution in [3.8, 4) is 0 Å². The van der Waals surface area contributed by atoms with E-state index in [1.165, 1.54) is 4.90 Å². The van der Waals surface area contributed by atoms with Gasteiger partial charge in [-0.1, -0.05) is 17.7 Å². The Morgan fingerprint density at radius 3 is 2.62 bits per heavy atom. The molecule has 0 bridgehead atoms. The highest BCUT2D eigenvalue weighted by atomic mass is 79.9. The maximum Gasteiger partial charge on any atom is 0.225 e. The van der Waals surface area contributed by atoms with Gasteiger partial charge >= 0.3 is 0 Å². The van der Waals surface area contributed by atoms with Gasteiger partial charge in [-0.25, -0.2) is 0 Å². The van der Waals surface area contributed by atoms with E-state index in [9.17, 15) is 0 Å². The van der Waals surface area contributed by atoms with Gasteiger partial charge in [0.25, 0.3) is 0 Å². The average Bonchev–Trinajstić information content (AvgIpc) is 2.16. The van der Waals surface area contributed by atoms with Gasteiger partial charge in [-0.3, -0.25) is 5.41 Å². The summed E-state index contributed by atoms with van der Waals surface area (Å²) in [7, 11) is 1.65. The average molecular weight is 305 g/mol. The molecule has 1 aromatic carbocycles. The predicted molar refractivity (Wildman–Crippen MR) is 71.1 cm³/mol. The minimum absolute atomic E-state index is 0.0891. The number of guanidine groups is 2. The second-order valence-electron chi connectivity index (χ2n) is 2.99. The van der Waals surface area contributed by atoms with Crippen LogP contribution in [0.3, 0.4) is 0 Å². The molecule has 5 N–H and O–H groups in total. The van der Waals surface area contributed by atoms with E-state index in [-0.39, 0.29) is 11.9 Å². The number of nitrogens with two attached hydrogens (primary N) is 2. The lowest BCUT2D eigenvalue weighted by molar-refractivity contribution is 1.18. The highest BCUT2D eigenvalue weighted by Crippen LogP contribution is 2.33. The van der Waals surface area contributed by atoms with E-state index in [1.54, 1.807) is 19.2 Å². The molecule has 0 radical (unpaired) electrons. The normalized spacial score (nSPS) is 9.69. The van der Waals surface area contributed by atoms with E-state index in [4.69, 9.17) is 28.5 Å². The molecule has 0 aliphatic heterocycles. The molecule has 16 heavy (non-hydrogen) atoms. The van der Waals surface area contributed by atoms with Crippen LogP contribution in [0.5, 0.6) is 0 Å². The summed E-state index contributed by atoms with van der Waals surface area (Å²) < 4.78 is 0.762. The number of hydrogen-bond acceptors (Lipinski definition) is 1. The van der Waals surface area contributed by atoms with Crippen LogP contribution in [-0.4, -0.2) is 19.0 Å². The minimum Gasteiger partial charge on any atom is -0.370 e. The van der Waals surface area contributed by atoms with E-state index < -0.39 is 0 Å². The SMILES string of the molecule is CN(C(=N)N=C(N)N)c1c(Cl)cccc1Br. The summed E-state index contributed by atoms with van der Waals surface area (Å²) in [5.74, 6) is -0.256. The Labute approximate surface area is 107 Å². The van der Waals surface area contributed by atoms with Gasteiger partial charge in [0.1, 0.15) is 0 Å². The fourth-order valence-electron chi connectivity index (χ4n) is 1.11. The second kappa shape index (κ2) is 5.18. The second-order valence-corrected chi connectivity index (χ2v) is 4.25. The number of hydrogen-bond donors (Lipinski definition) is 3. The van der Waals surface area contributed by atoms with E-state index >= 15 is 0 Å². The van der Waals surface area contributed by atoms with Crippen molar-refractivity contribution in [1.82, 2.24) is 0 Å². The molecule has 0 fully saturated rings. The molecule has 0 atom stereocenters. The van der Waals surface area contributed by atoms with Crippen LogP contribution < -0.4 is 16.4 Å². The third-order valence-electron chi connectivity index (χ3n) is 1.83. The summed E-state index contributed by atoms with van der Waals surface area (Å²) in [4.78, 5) is 5.12. The molecule has 1 rings (SSSR count). The Bertz CT molecular complexity index is 421. The summed E-state index contributed by atoms with van der Waals surface area (Å²) in [6.45, 7) is 0. The van der Waals surface area contributed by atoms with Crippen molar-refractivity contribution < 1.29 is 0 Å². The van der Waals surface area contributed by atoms with E-state index in [0.717, 1.165) is 4.47 Å². The number of nitrogens with zero attached hydrogens (tertiary/aromatic N) is 2. The van der Waals surface area contributed by atoms with Gasteiger partial charge in [0.05, 0.1) is 10.7 Å². The van der Waals surface area contributed by atoms with Crippen LogP contribution in [0.1, 0.15) is 0 Å². The summed E-state index contributed by atoms with van der Waals surface area (Å²) >= 11 is 9.37. The molecule has 5 nitrogen and oxygen atoms in total. The molecular formula is C9H11BrClN5. The van der Waals surface area contributed by atoms with Crippen LogP contribution in [-0.2, 0) is 0 Å². The largest absolute Gasteiger partial charge is 0.370 e. The zero-order valence-corrected chi connectivity index (χ0v) is 10.9. The van der Waals surface area contributed by atoms with Crippen LogP contribution in [0, 0.1) is 5.41 Å². The molecule has 0 saturated heterocycles. The molecular weight excluding hydrogens is 293 g/mol. The third kappa shape index (κ3) is 2.86. The van der Waals surface area contributed by atoms with Crippen LogP contribution in [0.25, 0.3) is 0 Å². The Kier molecular flexibility index (Phi) is 4.14. The Morgan fingerprint density at radius 1 is 1.50 bits per heavy atom. The van der Waals surface area contributed by atoms with Crippen LogP contribution >= 0.6 is 27.5 Å². The molecule has 0 aromatic heterocycles. The van der Waals surface area contributed by atoms with E-state index in [1.807, 2.05) is 6.07 Å². The molecule has 0 unspecified atom stereocenters. The molecule has 0 heterocycles. The number of rotatable bonds is 1. The summed E-state index contributed by atoms with van der Waals surface area (Å²) in [5, 5.41) is 8.16. The smallest absolute Gasteiger partial charge is 0.225 e. The number of nitrogens with one attached hydrogen (secondary N) is 1. The molecule has 0 spiro atoms. The first kappa shape index (κ1) is 12.8. The number of benzene rings is 1. The summed E-state index contributed by atoms with van der Waals surface area (Å²) in [6, 6.07) is 5.34. The minimum atomic E-state index is -0.167. The third-order valence-corrected chi connectivity index (χ3v) is 2.77. The first-order valence-corrected chi connectivity index (χ1v) is 5.46. The fraction of sp³-hybridized carbons (Fsp3) is 0.111. The molecule has 0 aliphatic carbocycles. The van der Waals surface area contributed by atoms with Crippen molar-refractivity contribution >= 4 is 45.1 Å². The lowest BCUT2D eigenvalue weighted by atomic mass is 10.3. The fourth-order valence-corrected chi connectivity index (χ4v) is 2.16. The zero-order chi connectivity index (χ0) is 12.3. The lowest BCUT2D eigenvalue weighted by Gasteiger charge is -2.19. The topological polar surface area (TPSA) is 91.5 Å². The van der Waals surface area contributed by atoms with Crippen molar-refractivity contribution in [2.75, 3.05) is 11.9 Å². The molecule has 7 heteroatoms. The van der Waals surface area contributed by atoms with Gasteiger partial charge in [-0.05, 0) is 28.1 Å². The first-order valence-electron chi connectivity index (χ1n) is 4.29. The van der Waals surface area contributed by atoms with Gasteiger partial charge in [0, 0.05) is 11.5 Å². The quantitative estimate of drug-likeness (QED) is 0.545. The van der Waals surface area contributed by atoms with Crippen molar-refractivity contribution in [2.24, 2.45) is 16.5 Å². The van der Waals surface area contributed by atoms with Crippen molar-refractivity contribution in [2.45, 2.75) is 0 Å². The number of para-hydroxylation sites is 1. The highest BCUT2D eigenvalue weighted by Gasteiger charge is 2.13. The summed E-state index contributed by atoms with van der Waals surface area (Å²) in [5.41, 5.74) is 11.0. The van der Waals surface area contributed by atoms with Crippen molar-refractivity contribution in [3.63, 3.8) is 0 Å². The van der Waals surface area contributed by atoms with Crippen LogP contribution in [0.4, 0.5) is 5.69 Å². The molecule has 0 aliphatic rings. The first-order chi connectivity index (χ1) is 7.43. The zero-order valence-electron chi connectivity index (χ0n) is 8.54. The van der Waals surface area contributed by atoms with E-state index in [0.29, 0.717) is 10.7 Å².